The number of hydrogen-bond donors (Lipinski definition) is 3. The molecule has 2 atom stereocenters. The van der Waals surface area contributed by atoms with Crippen molar-refractivity contribution in [3.05, 3.63) is 131 Å². The minimum Gasteiger partial charge on any atom is -0.390 e. The zero-order valence-electron chi connectivity index (χ0n) is 24.9. The highest BCUT2D eigenvalue weighted by atomic mass is 32.2. The lowest BCUT2D eigenvalue weighted by Crippen LogP contribution is -2.48. The Balaban J connectivity index is 1.57. The van der Waals surface area contributed by atoms with Gasteiger partial charge in [0.2, 0.25) is 10.0 Å². The summed E-state index contributed by atoms with van der Waals surface area (Å²) in [6, 6.07) is 26.8. The highest BCUT2D eigenvalue weighted by molar-refractivity contribution is 7.92. The van der Waals surface area contributed by atoms with Crippen LogP contribution in [0.1, 0.15) is 44.3 Å². The second-order valence-electron chi connectivity index (χ2n) is 10.9. The minimum atomic E-state index is -3.86. The van der Waals surface area contributed by atoms with E-state index < -0.39 is 34.0 Å². The van der Waals surface area contributed by atoms with Gasteiger partial charge in [-0.2, -0.15) is 0 Å². The lowest BCUT2D eigenvalue weighted by Gasteiger charge is -2.26. The quantitative estimate of drug-likeness (QED) is 0.164. The average Bonchev–Trinajstić information content (AvgIpc) is 3.00. The van der Waals surface area contributed by atoms with Crippen molar-refractivity contribution < 1.29 is 31.9 Å². The number of amides is 1. The fourth-order valence-electron chi connectivity index (χ4n) is 4.91. The molecule has 0 saturated heterocycles. The largest absolute Gasteiger partial charge is 0.390 e. The highest BCUT2D eigenvalue weighted by Crippen LogP contribution is 2.30. The van der Waals surface area contributed by atoms with E-state index in [0.717, 1.165) is 23.0 Å². The van der Waals surface area contributed by atoms with Crippen LogP contribution in [0.5, 0.6) is 0 Å². The number of anilines is 2. The molecule has 0 saturated carbocycles. The molecule has 0 spiro atoms. The van der Waals surface area contributed by atoms with Crippen LogP contribution in [0.15, 0.2) is 103 Å². The van der Waals surface area contributed by atoms with E-state index in [4.69, 9.17) is 0 Å². The van der Waals surface area contributed by atoms with Gasteiger partial charge in [0.15, 0.2) is 0 Å². The number of halogens is 2. The molecule has 0 radical (unpaired) electrons. The predicted octanol–water partition coefficient (Wildman–Crippen LogP) is 5.20. The molecule has 4 aromatic rings. The van der Waals surface area contributed by atoms with Crippen LogP contribution in [0, 0.1) is 0 Å². The number of para-hydroxylation sites is 1. The van der Waals surface area contributed by atoms with E-state index in [0.29, 0.717) is 17.5 Å². The molecular weight excluding hydrogens is 600 g/mol. The first-order valence-corrected chi connectivity index (χ1v) is 16.1. The predicted molar refractivity (Wildman–Crippen MR) is 170 cm³/mol. The molecular formula is C34H35F2N3O5S. The smallest absolute Gasteiger partial charge is 0.270 e. The number of nitrogens with zero attached hydrogens (tertiary/aromatic N) is 1. The Bertz CT molecular complexity index is 1720. The number of sulfonamides is 1. The van der Waals surface area contributed by atoms with Gasteiger partial charge in [0.1, 0.15) is 6.29 Å². The Morgan fingerprint density at radius 2 is 1.56 bits per heavy atom. The normalized spacial score (nSPS) is 13.1. The number of carbonyl (C=O) groups is 2. The lowest BCUT2D eigenvalue weighted by molar-refractivity contribution is 0.0173. The first-order chi connectivity index (χ1) is 21.3. The van der Waals surface area contributed by atoms with Crippen molar-refractivity contribution in [2.45, 2.75) is 38.0 Å². The average molecular weight is 636 g/mol. The van der Waals surface area contributed by atoms with E-state index in [1.54, 1.807) is 42.5 Å². The number of aliphatic hydroxyl groups is 1. The van der Waals surface area contributed by atoms with Crippen LogP contribution >= 0.6 is 0 Å². The highest BCUT2D eigenvalue weighted by Gasteiger charge is 2.26. The number of rotatable bonds is 14. The topological polar surface area (TPSA) is 116 Å². The zero-order valence-corrected chi connectivity index (χ0v) is 25.7. The van der Waals surface area contributed by atoms with Crippen LogP contribution in [0.2, 0.25) is 0 Å². The van der Waals surface area contributed by atoms with Crippen molar-refractivity contribution in [1.82, 2.24) is 10.6 Å². The van der Waals surface area contributed by atoms with E-state index in [1.165, 1.54) is 30.3 Å². The lowest BCUT2D eigenvalue weighted by atomic mass is 10.00. The number of aliphatic hydroxyl groups excluding tert-OH is 1. The summed E-state index contributed by atoms with van der Waals surface area (Å²) in [7, 11) is -3.86. The third-order valence-corrected chi connectivity index (χ3v) is 8.18. The van der Waals surface area contributed by atoms with E-state index in [2.05, 4.69) is 10.6 Å². The van der Waals surface area contributed by atoms with Gasteiger partial charge in [-0.3, -0.25) is 9.59 Å². The third kappa shape index (κ3) is 9.27. The zero-order chi connectivity index (χ0) is 32.6. The molecule has 11 heteroatoms. The molecule has 45 heavy (non-hydrogen) atoms. The molecule has 0 aliphatic heterocycles. The molecule has 236 valence electrons. The number of hydrogen-bond acceptors (Lipinski definition) is 6. The van der Waals surface area contributed by atoms with Gasteiger partial charge in [-0.25, -0.2) is 21.5 Å². The van der Waals surface area contributed by atoms with E-state index in [1.807, 2.05) is 30.3 Å². The molecule has 0 aliphatic carbocycles. The minimum absolute atomic E-state index is 0.0229. The summed E-state index contributed by atoms with van der Waals surface area (Å²) in [6.45, 7) is 1.06. The maximum atomic E-state index is 13.8. The number of carbonyl (C=O) groups excluding carboxylic acids is 2. The Hall–Kier alpha value is -4.45. The van der Waals surface area contributed by atoms with E-state index in [-0.39, 0.29) is 41.9 Å². The van der Waals surface area contributed by atoms with Crippen LogP contribution in [0.3, 0.4) is 0 Å². The summed E-state index contributed by atoms with van der Waals surface area (Å²) in [5.74, 6) is -3.61. The van der Waals surface area contributed by atoms with Crippen LogP contribution in [-0.4, -0.2) is 50.7 Å². The first-order valence-electron chi connectivity index (χ1n) is 14.2. The second-order valence-corrected chi connectivity index (χ2v) is 12.7. The van der Waals surface area contributed by atoms with Crippen molar-refractivity contribution in [2.75, 3.05) is 17.1 Å². The number of alkyl halides is 2. The number of aldehydes is 1. The van der Waals surface area contributed by atoms with Gasteiger partial charge >= 0.3 is 0 Å². The molecule has 1 amide bonds. The van der Waals surface area contributed by atoms with Crippen molar-refractivity contribution in [2.24, 2.45) is 0 Å². The Labute approximate surface area is 261 Å². The summed E-state index contributed by atoms with van der Waals surface area (Å²) < 4.78 is 54.2. The van der Waals surface area contributed by atoms with Gasteiger partial charge in [0.05, 0.1) is 29.8 Å². The monoisotopic (exact) mass is 635 g/mol. The second kappa shape index (κ2) is 14.6. The fraction of sp³-hybridized carbons (Fsp3) is 0.235. The Kier molecular flexibility index (Phi) is 10.8. The maximum absolute atomic E-state index is 13.8. The Morgan fingerprint density at radius 3 is 2.18 bits per heavy atom. The standard InChI is InChI=1S/C34H35F2N3O5S/c1-34(35,36)28-13-9-12-25(17-28)21-37-22-32(41)31(19-24-10-5-3-6-11-24)38-33(42)27-16-26(23-40)18-30(20-27)39(45(2,43)44)29-14-7-4-8-15-29/h3-18,20,23,31-32,37,41H,19,21-22H2,1-2H3,(H,38,42). The summed E-state index contributed by atoms with van der Waals surface area (Å²) in [4.78, 5) is 25.4. The SMILES string of the molecule is CC(F)(F)c1cccc(CNCC(O)C(Cc2ccccc2)NC(=O)c2cc(C=O)cc(N(c3ccccc3)S(C)(=O)=O)c2)c1. The van der Waals surface area contributed by atoms with E-state index >= 15 is 0 Å². The van der Waals surface area contributed by atoms with E-state index in [9.17, 15) is 31.9 Å². The van der Waals surface area contributed by atoms with Crippen LogP contribution in [0.25, 0.3) is 0 Å². The molecule has 0 aromatic heterocycles. The van der Waals surface area contributed by atoms with Crippen molar-refractivity contribution in [1.29, 1.82) is 0 Å². The van der Waals surface area contributed by atoms with Crippen molar-refractivity contribution >= 4 is 33.6 Å². The van der Waals surface area contributed by atoms with Gasteiger partial charge in [-0.15, -0.1) is 0 Å². The van der Waals surface area contributed by atoms with Gasteiger partial charge in [-0.05, 0) is 53.9 Å². The van der Waals surface area contributed by atoms with Crippen LogP contribution < -0.4 is 14.9 Å². The van der Waals surface area contributed by atoms with Crippen molar-refractivity contribution in [3.63, 3.8) is 0 Å². The molecule has 2 unspecified atom stereocenters. The third-order valence-electron chi connectivity index (χ3n) is 7.09. The first kappa shape index (κ1) is 33.4. The van der Waals surface area contributed by atoms with Gasteiger partial charge < -0.3 is 15.7 Å². The molecule has 8 nitrogen and oxygen atoms in total. The summed E-state index contributed by atoms with van der Waals surface area (Å²) >= 11 is 0. The summed E-state index contributed by atoms with van der Waals surface area (Å²) in [5, 5.41) is 17.1. The number of benzene rings is 4. The molecule has 0 fully saturated rings. The van der Waals surface area contributed by atoms with Gasteiger partial charge in [0, 0.05) is 36.7 Å². The fourth-order valence-corrected chi connectivity index (χ4v) is 5.90. The molecule has 4 rings (SSSR count). The van der Waals surface area contributed by atoms with Crippen LogP contribution in [-0.2, 0) is 28.9 Å². The maximum Gasteiger partial charge on any atom is 0.270 e. The van der Waals surface area contributed by atoms with Crippen LogP contribution in [0.4, 0.5) is 20.2 Å². The number of nitrogens with one attached hydrogen (secondary N) is 2. The van der Waals surface area contributed by atoms with Gasteiger partial charge in [-0.1, -0.05) is 66.7 Å². The van der Waals surface area contributed by atoms with Crippen molar-refractivity contribution in [3.8, 4) is 0 Å². The molecule has 0 aliphatic rings. The van der Waals surface area contributed by atoms with Gasteiger partial charge in [0.25, 0.3) is 11.8 Å². The molecule has 4 aromatic carbocycles. The summed E-state index contributed by atoms with van der Waals surface area (Å²) in [6.07, 6.45) is 0.703. The summed E-state index contributed by atoms with van der Waals surface area (Å²) in [5.41, 5.74) is 1.87. The Morgan fingerprint density at radius 1 is 0.911 bits per heavy atom. The molecule has 0 bridgehead atoms. The molecule has 0 heterocycles. The molecule has 3 N–H and O–H groups in total.